The Morgan fingerprint density at radius 1 is 1.21 bits per heavy atom. The van der Waals surface area contributed by atoms with E-state index in [9.17, 15) is 24.1 Å². The molecule has 3 aromatic rings. The van der Waals surface area contributed by atoms with Gasteiger partial charge in [-0.3, -0.25) is 24.7 Å². The minimum absolute atomic E-state index is 0.0178. The Bertz CT molecular complexity index is 1120. The third-order valence-electron chi connectivity index (χ3n) is 3.79. The van der Waals surface area contributed by atoms with Gasteiger partial charge in [-0.1, -0.05) is 23.9 Å². The number of halogens is 1. The summed E-state index contributed by atoms with van der Waals surface area (Å²) in [7, 11) is 0. The lowest BCUT2D eigenvalue weighted by Crippen LogP contribution is -2.23. The molecule has 0 unspecified atom stereocenters. The van der Waals surface area contributed by atoms with Gasteiger partial charge in [-0.25, -0.2) is 9.37 Å². The molecule has 11 heteroatoms. The fourth-order valence-corrected chi connectivity index (χ4v) is 3.13. The topological polar surface area (TPSA) is 144 Å². The smallest absolute Gasteiger partial charge is 0.277 e. The van der Waals surface area contributed by atoms with Crippen molar-refractivity contribution < 1.29 is 14.1 Å². The SMILES string of the molecule is Nc1nc(SCc2ccc([N+](=O)[O-])cc2)[nH]c(=O)c1NC(=O)c1ccc(F)cc1. The third-order valence-corrected chi connectivity index (χ3v) is 4.74. The number of nitro benzene ring substituents is 1. The third kappa shape index (κ3) is 4.96. The number of carbonyl (C=O) groups is 1. The number of hydrogen-bond donors (Lipinski definition) is 3. The van der Waals surface area contributed by atoms with E-state index in [1.54, 1.807) is 12.1 Å². The number of anilines is 2. The van der Waals surface area contributed by atoms with E-state index in [1.165, 1.54) is 36.0 Å². The normalized spacial score (nSPS) is 10.5. The first-order chi connectivity index (χ1) is 13.8. The van der Waals surface area contributed by atoms with Crippen LogP contribution in [0.4, 0.5) is 21.6 Å². The molecular formula is C18H14FN5O4S. The van der Waals surface area contributed by atoms with Crippen LogP contribution in [0.15, 0.2) is 58.5 Å². The summed E-state index contributed by atoms with van der Waals surface area (Å²) in [4.78, 5) is 41.2. The average Bonchev–Trinajstić information content (AvgIpc) is 2.70. The quantitative estimate of drug-likeness (QED) is 0.243. The number of hydrogen-bond acceptors (Lipinski definition) is 7. The van der Waals surface area contributed by atoms with E-state index in [0.717, 1.165) is 17.7 Å². The van der Waals surface area contributed by atoms with Gasteiger partial charge in [0, 0.05) is 23.4 Å². The molecule has 148 valence electrons. The number of non-ortho nitro benzene ring substituents is 1. The fraction of sp³-hybridized carbons (Fsp3) is 0.0556. The van der Waals surface area contributed by atoms with Gasteiger partial charge in [-0.15, -0.1) is 0 Å². The zero-order valence-corrected chi connectivity index (χ0v) is 15.5. The van der Waals surface area contributed by atoms with Gasteiger partial charge in [0.2, 0.25) is 0 Å². The van der Waals surface area contributed by atoms with E-state index in [1.807, 2.05) is 0 Å². The zero-order chi connectivity index (χ0) is 21.0. The Morgan fingerprint density at radius 3 is 2.45 bits per heavy atom. The maximum Gasteiger partial charge on any atom is 0.277 e. The standard InChI is InChI=1S/C18H14FN5O4S/c19-12-5-3-11(4-6-12)16(25)21-14-15(20)22-18(23-17(14)26)29-9-10-1-7-13(8-2-10)24(27)28/h1-8H,9H2,(H,21,25)(H3,20,22,23,26). The molecule has 0 spiro atoms. The van der Waals surface area contributed by atoms with Crippen LogP contribution in [0, 0.1) is 15.9 Å². The largest absolute Gasteiger partial charge is 0.382 e. The van der Waals surface area contributed by atoms with Crippen LogP contribution in [0.25, 0.3) is 0 Å². The Balaban J connectivity index is 1.70. The lowest BCUT2D eigenvalue weighted by atomic mass is 10.2. The molecule has 1 heterocycles. The minimum Gasteiger partial charge on any atom is -0.382 e. The number of rotatable bonds is 6. The molecule has 0 saturated carbocycles. The van der Waals surface area contributed by atoms with Crippen molar-refractivity contribution in [2.45, 2.75) is 10.9 Å². The van der Waals surface area contributed by atoms with Crippen LogP contribution in [0.3, 0.4) is 0 Å². The number of thioether (sulfide) groups is 1. The lowest BCUT2D eigenvalue weighted by molar-refractivity contribution is -0.384. The van der Waals surface area contributed by atoms with Crippen LogP contribution < -0.4 is 16.6 Å². The van der Waals surface area contributed by atoms with E-state index in [0.29, 0.717) is 5.75 Å². The van der Waals surface area contributed by atoms with Gasteiger partial charge >= 0.3 is 0 Å². The van der Waals surface area contributed by atoms with E-state index in [4.69, 9.17) is 5.73 Å². The molecule has 9 nitrogen and oxygen atoms in total. The first kappa shape index (κ1) is 20.0. The van der Waals surface area contributed by atoms with Crippen molar-refractivity contribution in [1.82, 2.24) is 9.97 Å². The summed E-state index contributed by atoms with van der Waals surface area (Å²) < 4.78 is 13.0. The molecule has 0 aliphatic heterocycles. The van der Waals surface area contributed by atoms with Crippen molar-refractivity contribution in [2.24, 2.45) is 0 Å². The number of nitrogens with zero attached hydrogens (tertiary/aromatic N) is 2. The van der Waals surface area contributed by atoms with Gasteiger partial charge in [-0.2, -0.15) is 0 Å². The molecule has 0 atom stereocenters. The van der Waals surface area contributed by atoms with Gasteiger partial charge in [0.1, 0.15) is 11.5 Å². The molecule has 0 saturated heterocycles. The predicted molar refractivity (Wildman–Crippen MR) is 106 cm³/mol. The molecule has 3 rings (SSSR count). The number of amides is 1. The highest BCUT2D eigenvalue weighted by Crippen LogP contribution is 2.22. The number of aromatic nitrogens is 2. The highest BCUT2D eigenvalue weighted by atomic mass is 32.2. The lowest BCUT2D eigenvalue weighted by Gasteiger charge is -2.08. The second-order valence-electron chi connectivity index (χ2n) is 5.80. The van der Waals surface area contributed by atoms with Crippen molar-refractivity contribution in [3.05, 3.63) is 85.9 Å². The molecule has 0 aliphatic carbocycles. The van der Waals surface area contributed by atoms with Gasteiger partial charge in [0.25, 0.3) is 17.2 Å². The maximum absolute atomic E-state index is 13.0. The van der Waals surface area contributed by atoms with E-state index >= 15 is 0 Å². The molecule has 4 N–H and O–H groups in total. The number of carbonyl (C=O) groups excluding carboxylic acids is 1. The molecule has 0 aliphatic rings. The maximum atomic E-state index is 13.0. The van der Waals surface area contributed by atoms with Crippen molar-refractivity contribution in [1.29, 1.82) is 0 Å². The average molecular weight is 415 g/mol. The second kappa shape index (κ2) is 8.52. The number of H-pyrrole nitrogens is 1. The number of nitro groups is 1. The molecule has 0 bridgehead atoms. The molecule has 0 radical (unpaired) electrons. The number of aromatic amines is 1. The van der Waals surface area contributed by atoms with Gasteiger partial charge in [0.05, 0.1) is 4.92 Å². The molecule has 0 fully saturated rings. The summed E-state index contributed by atoms with van der Waals surface area (Å²) in [5.41, 5.74) is 5.88. The van der Waals surface area contributed by atoms with Crippen LogP contribution in [0.2, 0.25) is 0 Å². The fourth-order valence-electron chi connectivity index (χ4n) is 2.31. The number of benzene rings is 2. The zero-order valence-electron chi connectivity index (χ0n) is 14.7. The Kier molecular flexibility index (Phi) is 5.88. The Morgan fingerprint density at radius 2 is 1.86 bits per heavy atom. The van der Waals surface area contributed by atoms with Crippen molar-refractivity contribution in [3.63, 3.8) is 0 Å². The van der Waals surface area contributed by atoms with Crippen LogP contribution >= 0.6 is 11.8 Å². The summed E-state index contributed by atoms with van der Waals surface area (Å²) in [6, 6.07) is 10.8. The summed E-state index contributed by atoms with van der Waals surface area (Å²) in [5.74, 6) is -0.901. The van der Waals surface area contributed by atoms with Crippen LogP contribution in [-0.2, 0) is 5.75 Å². The monoisotopic (exact) mass is 415 g/mol. The number of nitrogen functional groups attached to an aromatic ring is 1. The van der Waals surface area contributed by atoms with Crippen LogP contribution in [-0.4, -0.2) is 20.8 Å². The summed E-state index contributed by atoms with van der Waals surface area (Å²) >= 11 is 1.17. The highest BCUT2D eigenvalue weighted by molar-refractivity contribution is 7.98. The first-order valence-electron chi connectivity index (χ1n) is 8.16. The van der Waals surface area contributed by atoms with Crippen molar-refractivity contribution >= 4 is 34.9 Å². The van der Waals surface area contributed by atoms with Crippen molar-refractivity contribution in [2.75, 3.05) is 11.1 Å². The van der Waals surface area contributed by atoms with E-state index in [-0.39, 0.29) is 27.9 Å². The molecule has 1 amide bonds. The Hall–Kier alpha value is -3.73. The van der Waals surface area contributed by atoms with E-state index in [2.05, 4.69) is 15.3 Å². The summed E-state index contributed by atoms with van der Waals surface area (Å²) in [5, 5.41) is 13.3. The van der Waals surface area contributed by atoms with Crippen LogP contribution in [0.5, 0.6) is 0 Å². The van der Waals surface area contributed by atoms with Gasteiger partial charge in [0.15, 0.2) is 11.0 Å². The van der Waals surface area contributed by atoms with Gasteiger partial charge in [-0.05, 0) is 29.8 Å². The summed E-state index contributed by atoms with van der Waals surface area (Å²) in [6.45, 7) is 0. The molecule has 29 heavy (non-hydrogen) atoms. The highest BCUT2D eigenvalue weighted by Gasteiger charge is 2.14. The summed E-state index contributed by atoms with van der Waals surface area (Å²) in [6.07, 6.45) is 0. The molecular weight excluding hydrogens is 401 g/mol. The van der Waals surface area contributed by atoms with E-state index < -0.39 is 22.2 Å². The minimum atomic E-state index is -0.640. The number of nitrogens with one attached hydrogen (secondary N) is 2. The van der Waals surface area contributed by atoms with Gasteiger partial charge < -0.3 is 11.1 Å². The first-order valence-corrected chi connectivity index (χ1v) is 9.15. The second-order valence-corrected chi connectivity index (χ2v) is 6.77. The Labute approximate surface area is 167 Å². The number of nitrogens with two attached hydrogens (primary N) is 1. The molecule has 1 aromatic heterocycles. The van der Waals surface area contributed by atoms with Crippen LogP contribution in [0.1, 0.15) is 15.9 Å². The predicted octanol–water partition coefficient (Wildman–Crippen LogP) is 2.94. The molecule has 2 aromatic carbocycles. The van der Waals surface area contributed by atoms with Crippen molar-refractivity contribution in [3.8, 4) is 0 Å².